The maximum absolute atomic E-state index is 12.4. The zero-order chi connectivity index (χ0) is 17.7. The van der Waals surface area contributed by atoms with E-state index in [9.17, 15) is 19.7 Å². The summed E-state index contributed by atoms with van der Waals surface area (Å²) in [5.41, 5.74) is 0.0920. The van der Waals surface area contributed by atoms with Crippen molar-refractivity contribution in [2.75, 3.05) is 25.5 Å². The van der Waals surface area contributed by atoms with Gasteiger partial charge in [-0.1, -0.05) is 13.3 Å². The molecule has 2 rings (SSSR count). The summed E-state index contributed by atoms with van der Waals surface area (Å²) >= 11 is 0. The minimum Gasteiger partial charge on any atom is -0.495 e. The molecule has 24 heavy (non-hydrogen) atoms. The number of amides is 2. The lowest BCUT2D eigenvalue weighted by Gasteiger charge is -2.16. The molecule has 130 valence electrons. The Hall–Kier alpha value is -2.64. The van der Waals surface area contributed by atoms with E-state index < -0.39 is 10.8 Å². The third-order valence-corrected chi connectivity index (χ3v) is 4.02. The van der Waals surface area contributed by atoms with Crippen LogP contribution in [0.2, 0.25) is 0 Å². The maximum Gasteiger partial charge on any atom is 0.271 e. The molecule has 8 heteroatoms. The average molecular weight is 335 g/mol. The molecule has 0 radical (unpaired) electrons. The molecule has 0 unspecified atom stereocenters. The predicted octanol–water partition coefficient (Wildman–Crippen LogP) is 2.19. The molecular formula is C16H21N3O5. The van der Waals surface area contributed by atoms with Crippen LogP contribution in [-0.2, 0) is 9.59 Å². The third-order valence-electron chi connectivity index (χ3n) is 4.02. The molecule has 1 heterocycles. The number of non-ortho nitro benzene ring substituents is 1. The van der Waals surface area contributed by atoms with Gasteiger partial charge in [0.2, 0.25) is 11.8 Å². The summed E-state index contributed by atoms with van der Waals surface area (Å²) in [7, 11) is 1.42. The van der Waals surface area contributed by atoms with Crippen molar-refractivity contribution in [2.45, 2.75) is 26.2 Å². The van der Waals surface area contributed by atoms with Crippen molar-refractivity contribution < 1.29 is 19.2 Å². The standard InChI is InChI=1S/C16H21N3O5/c1-3-4-7-18-10-11(8-15(18)20)16(21)17-13-9-12(19(22)23)5-6-14(13)24-2/h5-6,9,11H,3-4,7-8,10H2,1-2H3,(H,17,21)/t11-/m0/s1. The first-order valence-electron chi connectivity index (χ1n) is 7.87. The van der Waals surface area contributed by atoms with Crippen molar-refractivity contribution >= 4 is 23.2 Å². The molecule has 0 saturated carbocycles. The number of nitro groups is 1. The van der Waals surface area contributed by atoms with Crippen LogP contribution in [0, 0.1) is 16.0 Å². The number of carbonyl (C=O) groups is 2. The van der Waals surface area contributed by atoms with Crippen LogP contribution in [0.1, 0.15) is 26.2 Å². The molecule has 1 atom stereocenters. The Morgan fingerprint density at radius 2 is 2.25 bits per heavy atom. The van der Waals surface area contributed by atoms with Gasteiger partial charge in [0.25, 0.3) is 5.69 Å². The number of unbranched alkanes of at least 4 members (excludes halogenated alkanes) is 1. The summed E-state index contributed by atoms with van der Waals surface area (Å²) < 4.78 is 5.12. The number of nitro benzene ring substituents is 1. The molecule has 0 aliphatic carbocycles. The van der Waals surface area contributed by atoms with E-state index in [1.807, 2.05) is 6.92 Å². The summed E-state index contributed by atoms with van der Waals surface area (Å²) in [5, 5.41) is 13.5. The van der Waals surface area contributed by atoms with E-state index >= 15 is 0 Å². The number of hydrogen-bond acceptors (Lipinski definition) is 5. The van der Waals surface area contributed by atoms with Crippen LogP contribution >= 0.6 is 0 Å². The van der Waals surface area contributed by atoms with Crippen LogP contribution in [0.25, 0.3) is 0 Å². The highest BCUT2D eigenvalue weighted by Crippen LogP contribution is 2.30. The average Bonchev–Trinajstić information content (AvgIpc) is 2.93. The van der Waals surface area contributed by atoms with Gasteiger partial charge in [-0.05, 0) is 12.5 Å². The number of rotatable bonds is 7. The fourth-order valence-electron chi connectivity index (χ4n) is 2.65. The summed E-state index contributed by atoms with van der Waals surface area (Å²) in [4.78, 5) is 36.4. The Labute approximate surface area is 139 Å². The van der Waals surface area contributed by atoms with Gasteiger partial charge in [-0.2, -0.15) is 0 Å². The largest absolute Gasteiger partial charge is 0.495 e. The smallest absolute Gasteiger partial charge is 0.271 e. The van der Waals surface area contributed by atoms with Gasteiger partial charge in [0.1, 0.15) is 5.75 Å². The van der Waals surface area contributed by atoms with Crippen molar-refractivity contribution in [3.8, 4) is 5.75 Å². The molecule has 1 fully saturated rings. The molecular weight excluding hydrogens is 314 g/mol. The normalized spacial score (nSPS) is 17.0. The number of benzene rings is 1. The van der Waals surface area contributed by atoms with E-state index in [1.54, 1.807) is 4.90 Å². The van der Waals surface area contributed by atoms with Gasteiger partial charge >= 0.3 is 0 Å². The molecule has 0 bridgehead atoms. The fourth-order valence-corrected chi connectivity index (χ4v) is 2.65. The SMILES string of the molecule is CCCCN1C[C@@H](C(=O)Nc2cc([N+](=O)[O-])ccc2OC)CC1=O. The molecule has 2 amide bonds. The molecule has 0 aromatic heterocycles. The van der Waals surface area contributed by atoms with E-state index in [2.05, 4.69) is 5.32 Å². The summed E-state index contributed by atoms with van der Waals surface area (Å²) in [6.07, 6.45) is 2.04. The molecule has 0 spiro atoms. The molecule has 1 N–H and O–H groups in total. The molecule has 1 aromatic carbocycles. The number of ether oxygens (including phenoxy) is 1. The van der Waals surface area contributed by atoms with Crippen LogP contribution in [-0.4, -0.2) is 41.8 Å². The van der Waals surface area contributed by atoms with Crippen LogP contribution in [0.15, 0.2) is 18.2 Å². The second kappa shape index (κ2) is 7.76. The van der Waals surface area contributed by atoms with Crippen molar-refractivity contribution in [3.05, 3.63) is 28.3 Å². The lowest BCUT2D eigenvalue weighted by Crippen LogP contribution is -2.29. The second-order valence-electron chi connectivity index (χ2n) is 5.73. The van der Waals surface area contributed by atoms with Crippen LogP contribution in [0.4, 0.5) is 11.4 Å². The third kappa shape index (κ3) is 4.01. The molecule has 1 aliphatic heterocycles. The first kappa shape index (κ1) is 17.7. The Bertz CT molecular complexity index is 647. The molecule has 8 nitrogen and oxygen atoms in total. The van der Waals surface area contributed by atoms with Gasteiger partial charge in [0, 0.05) is 31.6 Å². The number of methoxy groups -OCH3 is 1. The van der Waals surface area contributed by atoms with Crippen molar-refractivity contribution in [1.82, 2.24) is 4.90 Å². The molecule has 1 saturated heterocycles. The highest BCUT2D eigenvalue weighted by Gasteiger charge is 2.34. The number of nitrogens with zero attached hydrogens (tertiary/aromatic N) is 2. The molecule has 1 aromatic rings. The van der Waals surface area contributed by atoms with Crippen LogP contribution in [0.5, 0.6) is 5.75 Å². The topological polar surface area (TPSA) is 102 Å². The first-order valence-corrected chi connectivity index (χ1v) is 7.87. The fraction of sp³-hybridized carbons (Fsp3) is 0.500. The summed E-state index contributed by atoms with van der Waals surface area (Å²) in [5.74, 6) is -0.491. The highest BCUT2D eigenvalue weighted by molar-refractivity contribution is 5.98. The lowest BCUT2D eigenvalue weighted by atomic mass is 10.1. The van der Waals surface area contributed by atoms with E-state index in [-0.39, 0.29) is 29.6 Å². The summed E-state index contributed by atoms with van der Waals surface area (Å²) in [6, 6.07) is 3.99. The minimum absolute atomic E-state index is 0.0328. The number of anilines is 1. The number of carbonyl (C=O) groups excluding carboxylic acids is 2. The number of hydrogen-bond donors (Lipinski definition) is 1. The monoisotopic (exact) mass is 335 g/mol. The minimum atomic E-state index is -0.541. The highest BCUT2D eigenvalue weighted by atomic mass is 16.6. The predicted molar refractivity (Wildman–Crippen MR) is 87.9 cm³/mol. The van der Waals surface area contributed by atoms with Gasteiger partial charge in [-0.3, -0.25) is 19.7 Å². The van der Waals surface area contributed by atoms with E-state index in [0.717, 1.165) is 12.8 Å². The lowest BCUT2D eigenvalue weighted by molar-refractivity contribution is -0.384. The van der Waals surface area contributed by atoms with Crippen molar-refractivity contribution in [2.24, 2.45) is 5.92 Å². The Kier molecular flexibility index (Phi) is 5.73. The number of nitrogens with one attached hydrogen (secondary N) is 1. The zero-order valence-corrected chi connectivity index (χ0v) is 13.8. The van der Waals surface area contributed by atoms with Crippen molar-refractivity contribution in [1.29, 1.82) is 0 Å². The second-order valence-corrected chi connectivity index (χ2v) is 5.73. The van der Waals surface area contributed by atoms with Crippen molar-refractivity contribution in [3.63, 3.8) is 0 Å². The van der Waals surface area contributed by atoms with Gasteiger partial charge in [-0.25, -0.2) is 0 Å². The zero-order valence-electron chi connectivity index (χ0n) is 13.8. The van der Waals surface area contributed by atoms with Gasteiger partial charge < -0.3 is 15.0 Å². The quantitative estimate of drug-likeness (QED) is 0.608. The Morgan fingerprint density at radius 3 is 2.88 bits per heavy atom. The van der Waals surface area contributed by atoms with Crippen LogP contribution in [0.3, 0.4) is 0 Å². The maximum atomic E-state index is 12.4. The Balaban J connectivity index is 2.08. The Morgan fingerprint density at radius 1 is 1.50 bits per heavy atom. The van der Waals surface area contributed by atoms with Gasteiger partial charge in [0.15, 0.2) is 0 Å². The molecule has 1 aliphatic rings. The van der Waals surface area contributed by atoms with E-state index in [1.165, 1.54) is 25.3 Å². The first-order chi connectivity index (χ1) is 11.5. The van der Waals surface area contributed by atoms with Gasteiger partial charge in [-0.15, -0.1) is 0 Å². The summed E-state index contributed by atoms with van der Waals surface area (Å²) in [6.45, 7) is 3.07. The number of likely N-dealkylation sites (tertiary alicyclic amines) is 1. The van der Waals surface area contributed by atoms with E-state index in [0.29, 0.717) is 18.8 Å². The van der Waals surface area contributed by atoms with Gasteiger partial charge in [0.05, 0.1) is 23.6 Å². The van der Waals surface area contributed by atoms with E-state index in [4.69, 9.17) is 4.74 Å². The van der Waals surface area contributed by atoms with Crippen LogP contribution < -0.4 is 10.1 Å².